The van der Waals surface area contributed by atoms with E-state index >= 15 is 0 Å². The van der Waals surface area contributed by atoms with Crippen LogP contribution in [0.5, 0.6) is 0 Å². The maximum Gasteiger partial charge on any atom is 0.306 e. The van der Waals surface area contributed by atoms with Crippen molar-refractivity contribution in [2.45, 2.75) is 303 Å². The maximum absolute atomic E-state index is 12.7. The van der Waals surface area contributed by atoms with Crippen molar-refractivity contribution in [1.29, 1.82) is 0 Å². The topological polar surface area (TPSA) is 78.9 Å². The molecule has 0 aliphatic heterocycles. The number of carbonyl (C=O) groups is 3. The van der Waals surface area contributed by atoms with Crippen molar-refractivity contribution < 1.29 is 28.6 Å². The van der Waals surface area contributed by atoms with Crippen LogP contribution in [-0.4, -0.2) is 37.2 Å². The van der Waals surface area contributed by atoms with Gasteiger partial charge in [0.15, 0.2) is 6.10 Å². The Morgan fingerprint density at radius 2 is 0.545 bits per heavy atom. The summed E-state index contributed by atoms with van der Waals surface area (Å²) in [7, 11) is 0. The molecular formula is C60H108O6. The Labute approximate surface area is 409 Å². The number of carbonyl (C=O) groups excluding carboxylic acids is 3. The van der Waals surface area contributed by atoms with Gasteiger partial charge in [-0.2, -0.15) is 0 Å². The van der Waals surface area contributed by atoms with E-state index in [0.717, 1.165) is 83.5 Å². The summed E-state index contributed by atoms with van der Waals surface area (Å²) in [4.78, 5) is 37.7. The summed E-state index contributed by atoms with van der Waals surface area (Å²) in [5.41, 5.74) is 0. The van der Waals surface area contributed by atoms with E-state index in [9.17, 15) is 14.4 Å². The van der Waals surface area contributed by atoms with E-state index in [1.54, 1.807) is 0 Å². The molecule has 0 amide bonds. The minimum absolute atomic E-state index is 0.0759. The third kappa shape index (κ3) is 52.3. The summed E-state index contributed by atoms with van der Waals surface area (Å²) in [5, 5.41) is 0. The molecule has 6 heteroatoms. The van der Waals surface area contributed by atoms with Crippen molar-refractivity contribution in [3.05, 3.63) is 48.6 Å². The van der Waals surface area contributed by atoms with Gasteiger partial charge >= 0.3 is 17.9 Å². The van der Waals surface area contributed by atoms with E-state index in [0.29, 0.717) is 19.3 Å². The Morgan fingerprint density at radius 3 is 0.864 bits per heavy atom. The Kier molecular flexibility index (Phi) is 52.8. The first-order valence-corrected chi connectivity index (χ1v) is 28.6. The fourth-order valence-electron chi connectivity index (χ4n) is 8.21. The van der Waals surface area contributed by atoms with Crippen molar-refractivity contribution in [3.63, 3.8) is 0 Å². The number of rotatable bonds is 52. The highest BCUT2D eigenvalue weighted by molar-refractivity contribution is 5.71. The molecule has 66 heavy (non-hydrogen) atoms. The zero-order chi connectivity index (χ0) is 47.9. The molecule has 0 aliphatic rings. The number of allylic oxidation sites excluding steroid dienone is 8. The molecule has 0 N–H and O–H groups in total. The van der Waals surface area contributed by atoms with E-state index in [2.05, 4.69) is 69.4 Å². The molecule has 0 heterocycles. The number of hydrogen-bond acceptors (Lipinski definition) is 6. The van der Waals surface area contributed by atoms with Crippen molar-refractivity contribution in [2.24, 2.45) is 0 Å². The number of hydrogen-bond donors (Lipinski definition) is 0. The predicted molar refractivity (Wildman–Crippen MR) is 284 cm³/mol. The second-order valence-corrected chi connectivity index (χ2v) is 19.2. The molecule has 0 aliphatic carbocycles. The first kappa shape index (κ1) is 63.4. The highest BCUT2D eigenvalue weighted by Gasteiger charge is 2.19. The van der Waals surface area contributed by atoms with Gasteiger partial charge in [0.2, 0.25) is 0 Å². The lowest BCUT2D eigenvalue weighted by Crippen LogP contribution is -2.30. The van der Waals surface area contributed by atoms with Gasteiger partial charge < -0.3 is 14.2 Å². The molecule has 0 spiro atoms. The number of unbranched alkanes of at least 4 members (excludes halogenated alkanes) is 33. The maximum atomic E-state index is 12.7. The summed E-state index contributed by atoms with van der Waals surface area (Å²) >= 11 is 0. The first-order valence-electron chi connectivity index (χ1n) is 28.6. The largest absolute Gasteiger partial charge is 0.462 e. The molecule has 1 unspecified atom stereocenters. The third-order valence-electron chi connectivity index (χ3n) is 12.6. The highest BCUT2D eigenvalue weighted by atomic mass is 16.6. The average molecular weight is 926 g/mol. The minimum Gasteiger partial charge on any atom is -0.462 e. The van der Waals surface area contributed by atoms with Gasteiger partial charge in [-0.05, 0) is 83.5 Å². The van der Waals surface area contributed by atoms with Crippen LogP contribution in [0.15, 0.2) is 48.6 Å². The lowest BCUT2D eigenvalue weighted by molar-refractivity contribution is -0.167. The quantitative estimate of drug-likeness (QED) is 0.0262. The fraction of sp³-hybridized carbons (Fsp3) is 0.817. The van der Waals surface area contributed by atoms with Crippen LogP contribution in [0, 0.1) is 0 Å². The summed E-state index contributed by atoms with van der Waals surface area (Å²) < 4.78 is 16.7. The van der Waals surface area contributed by atoms with Crippen LogP contribution in [0.2, 0.25) is 0 Å². The minimum atomic E-state index is -0.773. The Bertz CT molecular complexity index is 1150. The molecule has 0 aromatic rings. The van der Waals surface area contributed by atoms with Gasteiger partial charge in [-0.1, -0.05) is 243 Å². The van der Waals surface area contributed by atoms with E-state index in [-0.39, 0.29) is 31.1 Å². The normalized spacial score (nSPS) is 12.3. The van der Waals surface area contributed by atoms with Gasteiger partial charge in [0.1, 0.15) is 13.2 Å². The SMILES string of the molecule is CCCCCCC/C=C\C/C=C\C/C=C\CCCCCCCCCCCCCCC(=O)OCC(COC(=O)CCCCCCC)OC(=O)CCCCCCC/C=C\CCCCCCCCC. The smallest absolute Gasteiger partial charge is 0.306 e. The van der Waals surface area contributed by atoms with Crippen LogP contribution < -0.4 is 0 Å². The van der Waals surface area contributed by atoms with Gasteiger partial charge in [-0.15, -0.1) is 0 Å². The van der Waals surface area contributed by atoms with E-state index < -0.39 is 6.10 Å². The van der Waals surface area contributed by atoms with Gasteiger partial charge in [0.25, 0.3) is 0 Å². The predicted octanol–water partition coefficient (Wildman–Crippen LogP) is 19.0. The Balaban J connectivity index is 4.05. The molecule has 1 atom stereocenters. The van der Waals surface area contributed by atoms with Crippen LogP contribution in [0.4, 0.5) is 0 Å². The lowest BCUT2D eigenvalue weighted by atomic mass is 10.0. The van der Waals surface area contributed by atoms with Crippen LogP contribution in [0.1, 0.15) is 297 Å². The monoisotopic (exact) mass is 925 g/mol. The summed E-state index contributed by atoms with van der Waals surface area (Å²) in [6.45, 7) is 6.56. The Hall–Kier alpha value is -2.63. The highest BCUT2D eigenvalue weighted by Crippen LogP contribution is 2.16. The van der Waals surface area contributed by atoms with E-state index in [1.165, 1.54) is 173 Å². The standard InChI is InChI=1S/C60H108O6/c1-4-7-10-13-15-17-19-21-23-25-26-27-28-29-30-31-32-33-34-35-37-38-40-42-44-47-50-53-59(62)65-56-57(55-64-58(61)52-49-46-12-9-6-3)66-60(63)54-51-48-45-43-41-39-36-24-22-20-18-16-14-11-8-5-2/h19,21,24-26,28-29,36,57H,4-18,20,22-23,27,30-35,37-56H2,1-3H3/b21-19-,26-25-,29-28-,36-24-. The van der Waals surface area contributed by atoms with Gasteiger partial charge in [-0.25, -0.2) is 0 Å². The zero-order valence-electron chi connectivity index (χ0n) is 44.0. The van der Waals surface area contributed by atoms with E-state index in [4.69, 9.17) is 14.2 Å². The average Bonchev–Trinajstić information content (AvgIpc) is 3.31. The molecule has 0 rings (SSSR count). The third-order valence-corrected chi connectivity index (χ3v) is 12.6. The first-order chi connectivity index (χ1) is 32.5. The summed E-state index contributed by atoms with van der Waals surface area (Å²) in [6.07, 6.45) is 67.2. The molecule has 0 bridgehead atoms. The molecule has 0 aromatic carbocycles. The zero-order valence-corrected chi connectivity index (χ0v) is 44.0. The summed E-state index contributed by atoms with van der Waals surface area (Å²) in [6, 6.07) is 0. The van der Waals surface area contributed by atoms with Crippen LogP contribution >= 0.6 is 0 Å². The summed E-state index contributed by atoms with van der Waals surface area (Å²) in [5.74, 6) is -0.890. The van der Waals surface area contributed by atoms with Crippen molar-refractivity contribution in [1.82, 2.24) is 0 Å². The molecular weight excluding hydrogens is 817 g/mol. The second kappa shape index (κ2) is 55.0. The van der Waals surface area contributed by atoms with Crippen molar-refractivity contribution in [3.8, 4) is 0 Å². The van der Waals surface area contributed by atoms with Crippen LogP contribution in [0.25, 0.3) is 0 Å². The fourth-order valence-corrected chi connectivity index (χ4v) is 8.21. The number of esters is 3. The van der Waals surface area contributed by atoms with Crippen molar-refractivity contribution >= 4 is 17.9 Å². The van der Waals surface area contributed by atoms with E-state index in [1.807, 2.05) is 0 Å². The molecule has 0 saturated carbocycles. The van der Waals surface area contributed by atoms with Crippen molar-refractivity contribution in [2.75, 3.05) is 13.2 Å². The van der Waals surface area contributed by atoms with Gasteiger partial charge in [-0.3, -0.25) is 14.4 Å². The van der Waals surface area contributed by atoms with Crippen LogP contribution in [-0.2, 0) is 28.6 Å². The van der Waals surface area contributed by atoms with Gasteiger partial charge in [0.05, 0.1) is 0 Å². The van der Waals surface area contributed by atoms with Gasteiger partial charge in [0, 0.05) is 19.3 Å². The molecule has 0 saturated heterocycles. The van der Waals surface area contributed by atoms with Crippen LogP contribution in [0.3, 0.4) is 0 Å². The second-order valence-electron chi connectivity index (χ2n) is 19.2. The molecule has 0 aromatic heterocycles. The molecule has 384 valence electrons. The molecule has 0 radical (unpaired) electrons. The number of ether oxygens (including phenoxy) is 3. The molecule has 6 nitrogen and oxygen atoms in total. The Morgan fingerprint density at radius 1 is 0.303 bits per heavy atom. The molecule has 0 fully saturated rings. The lowest BCUT2D eigenvalue weighted by Gasteiger charge is -2.18.